The molecule has 0 aromatic carbocycles. The second kappa shape index (κ2) is 5.28. The smallest absolute Gasteiger partial charge is 0.01000 e. The van der Waals surface area contributed by atoms with Crippen LogP contribution in [0.25, 0.3) is 0 Å². The van der Waals surface area contributed by atoms with Crippen LogP contribution in [-0.2, 0) is 0 Å². The van der Waals surface area contributed by atoms with E-state index in [1.54, 1.807) is 0 Å². The summed E-state index contributed by atoms with van der Waals surface area (Å²) in [5, 5.41) is 0. The van der Waals surface area contributed by atoms with E-state index in [1.807, 2.05) is 6.20 Å². The normalized spacial score (nSPS) is 54.7. The second-order valence-electron chi connectivity index (χ2n) is 9.52. The Balaban J connectivity index is 1.62. The zero-order valence-corrected chi connectivity index (χ0v) is 14.7. The summed E-state index contributed by atoms with van der Waals surface area (Å²) >= 11 is 0. The Kier molecular flexibility index (Phi) is 3.62. The fraction of sp³-hybridized carbons (Fsp3) is 0.905. The lowest BCUT2D eigenvalue weighted by Gasteiger charge is -2.60. The van der Waals surface area contributed by atoms with Crippen LogP contribution in [0.1, 0.15) is 78.1 Å². The standard InChI is InChI=1S/C21H35N/c1-20-12-4-3-5-15(20)6-8-17-18-9-7-16(11-14-22)21(18,2)13-10-19(17)20/h11,14-19H,3-10,12-13,22H2,1-2H3/t15?,16-,17+,18+,19+,20+,21-/m1/s1. The van der Waals surface area contributed by atoms with Gasteiger partial charge in [-0.05, 0) is 98.0 Å². The SMILES string of the molecule is C[C@]12CC[C@H]3[C@@H](CCC4CCCC[C@@]43C)[C@@H]1CC[C@@H]2C=CN. The van der Waals surface area contributed by atoms with Gasteiger partial charge < -0.3 is 5.73 Å². The van der Waals surface area contributed by atoms with Crippen molar-refractivity contribution < 1.29 is 0 Å². The molecule has 0 heterocycles. The number of hydrogen-bond donors (Lipinski definition) is 1. The van der Waals surface area contributed by atoms with E-state index in [0.717, 1.165) is 29.6 Å². The summed E-state index contributed by atoms with van der Waals surface area (Å²) in [6.07, 6.45) is 19.1. The molecule has 2 N–H and O–H groups in total. The number of nitrogens with two attached hydrogens (primary N) is 1. The van der Waals surface area contributed by atoms with Gasteiger partial charge in [-0.1, -0.05) is 32.8 Å². The van der Waals surface area contributed by atoms with Crippen molar-refractivity contribution in [3.8, 4) is 0 Å². The quantitative estimate of drug-likeness (QED) is 0.679. The van der Waals surface area contributed by atoms with Crippen LogP contribution >= 0.6 is 0 Å². The van der Waals surface area contributed by atoms with E-state index in [-0.39, 0.29) is 0 Å². The predicted molar refractivity (Wildman–Crippen MR) is 93.2 cm³/mol. The lowest BCUT2D eigenvalue weighted by atomic mass is 9.45. The molecule has 124 valence electrons. The first-order chi connectivity index (χ1) is 10.6. The van der Waals surface area contributed by atoms with Gasteiger partial charge in [0.25, 0.3) is 0 Å². The first kappa shape index (κ1) is 15.1. The molecular formula is C21H35N. The third-order valence-corrected chi connectivity index (χ3v) is 9.00. The molecule has 1 heteroatoms. The van der Waals surface area contributed by atoms with Crippen LogP contribution in [0.2, 0.25) is 0 Å². The summed E-state index contributed by atoms with van der Waals surface area (Å²) in [5.41, 5.74) is 6.98. The second-order valence-corrected chi connectivity index (χ2v) is 9.52. The van der Waals surface area contributed by atoms with Crippen molar-refractivity contribution in [3.05, 3.63) is 12.3 Å². The molecule has 4 fully saturated rings. The first-order valence-electron chi connectivity index (χ1n) is 9.98. The predicted octanol–water partition coefficient (Wildman–Crippen LogP) is 5.51. The molecule has 4 saturated carbocycles. The van der Waals surface area contributed by atoms with Crippen molar-refractivity contribution >= 4 is 0 Å². The van der Waals surface area contributed by atoms with Gasteiger partial charge in [-0.15, -0.1) is 0 Å². The summed E-state index contributed by atoms with van der Waals surface area (Å²) in [4.78, 5) is 0. The van der Waals surface area contributed by atoms with Gasteiger partial charge in [0, 0.05) is 0 Å². The van der Waals surface area contributed by atoms with E-state index >= 15 is 0 Å². The minimum atomic E-state index is 0.550. The molecule has 0 bridgehead atoms. The molecule has 0 radical (unpaired) electrons. The van der Waals surface area contributed by atoms with E-state index in [0.29, 0.717) is 10.8 Å². The van der Waals surface area contributed by atoms with Gasteiger partial charge >= 0.3 is 0 Å². The molecule has 0 saturated heterocycles. The Hall–Kier alpha value is -0.460. The fourth-order valence-corrected chi connectivity index (χ4v) is 7.79. The molecule has 0 aliphatic heterocycles. The van der Waals surface area contributed by atoms with Gasteiger partial charge in [-0.2, -0.15) is 0 Å². The summed E-state index contributed by atoms with van der Waals surface area (Å²) in [7, 11) is 0. The summed E-state index contributed by atoms with van der Waals surface area (Å²) in [6.45, 7) is 5.28. The highest BCUT2D eigenvalue weighted by molar-refractivity contribution is 5.11. The van der Waals surface area contributed by atoms with Gasteiger partial charge in [0.15, 0.2) is 0 Å². The Morgan fingerprint density at radius 1 is 0.818 bits per heavy atom. The van der Waals surface area contributed by atoms with E-state index in [1.165, 1.54) is 64.2 Å². The number of allylic oxidation sites excluding steroid dienone is 1. The Bertz CT molecular complexity index is 455. The van der Waals surface area contributed by atoms with E-state index in [4.69, 9.17) is 5.73 Å². The van der Waals surface area contributed by atoms with Crippen molar-refractivity contribution in [3.63, 3.8) is 0 Å². The van der Waals surface area contributed by atoms with Gasteiger partial charge in [0.05, 0.1) is 0 Å². The molecule has 0 amide bonds. The Labute approximate surface area is 137 Å². The summed E-state index contributed by atoms with van der Waals surface area (Å²) in [5.74, 6) is 4.83. The number of hydrogen-bond acceptors (Lipinski definition) is 1. The number of fused-ring (bicyclic) bond motifs is 5. The zero-order chi connectivity index (χ0) is 15.4. The maximum Gasteiger partial charge on any atom is -0.01000 e. The molecule has 0 spiro atoms. The third kappa shape index (κ3) is 1.96. The lowest BCUT2D eigenvalue weighted by molar-refractivity contribution is -0.107. The highest BCUT2D eigenvalue weighted by Gasteiger charge is 2.59. The molecule has 0 aromatic heterocycles. The van der Waals surface area contributed by atoms with Gasteiger partial charge in [-0.25, -0.2) is 0 Å². The monoisotopic (exact) mass is 301 g/mol. The summed E-state index contributed by atoms with van der Waals surface area (Å²) < 4.78 is 0. The van der Waals surface area contributed by atoms with Crippen LogP contribution in [0.15, 0.2) is 12.3 Å². The molecule has 1 nitrogen and oxygen atoms in total. The first-order valence-corrected chi connectivity index (χ1v) is 9.98. The largest absolute Gasteiger partial charge is 0.405 e. The molecule has 4 rings (SSSR count). The van der Waals surface area contributed by atoms with Crippen molar-refractivity contribution in [2.45, 2.75) is 78.1 Å². The van der Waals surface area contributed by atoms with Crippen LogP contribution in [0.4, 0.5) is 0 Å². The Morgan fingerprint density at radius 2 is 1.64 bits per heavy atom. The highest BCUT2D eigenvalue weighted by atomic mass is 14.6. The van der Waals surface area contributed by atoms with Gasteiger partial charge in [0.2, 0.25) is 0 Å². The van der Waals surface area contributed by atoms with E-state index < -0.39 is 0 Å². The van der Waals surface area contributed by atoms with Crippen LogP contribution in [0, 0.1) is 40.4 Å². The third-order valence-electron chi connectivity index (χ3n) is 9.00. The topological polar surface area (TPSA) is 26.0 Å². The highest BCUT2D eigenvalue weighted by Crippen LogP contribution is 2.67. The van der Waals surface area contributed by atoms with Crippen LogP contribution < -0.4 is 5.73 Å². The van der Waals surface area contributed by atoms with Crippen LogP contribution in [0.3, 0.4) is 0 Å². The van der Waals surface area contributed by atoms with Crippen LogP contribution in [-0.4, -0.2) is 0 Å². The van der Waals surface area contributed by atoms with Crippen molar-refractivity contribution in [1.82, 2.24) is 0 Å². The molecular weight excluding hydrogens is 266 g/mol. The van der Waals surface area contributed by atoms with Gasteiger partial charge in [0.1, 0.15) is 0 Å². The molecule has 4 aliphatic carbocycles. The average molecular weight is 302 g/mol. The summed E-state index contributed by atoms with van der Waals surface area (Å²) in [6, 6.07) is 0. The van der Waals surface area contributed by atoms with E-state index in [2.05, 4.69) is 19.9 Å². The molecule has 0 aromatic rings. The van der Waals surface area contributed by atoms with Gasteiger partial charge in [-0.3, -0.25) is 0 Å². The van der Waals surface area contributed by atoms with Crippen molar-refractivity contribution in [2.75, 3.05) is 0 Å². The maximum atomic E-state index is 5.75. The minimum Gasteiger partial charge on any atom is -0.405 e. The fourth-order valence-electron chi connectivity index (χ4n) is 7.79. The molecule has 4 aliphatic rings. The van der Waals surface area contributed by atoms with E-state index in [9.17, 15) is 0 Å². The molecule has 1 unspecified atom stereocenters. The van der Waals surface area contributed by atoms with Crippen LogP contribution in [0.5, 0.6) is 0 Å². The number of rotatable bonds is 1. The zero-order valence-electron chi connectivity index (χ0n) is 14.7. The maximum absolute atomic E-state index is 5.75. The minimum absolute atomic E-state index is 0.550. The molecule has 22 heavy (non-hydrogen) atoms. The van der Waals surface area contributed by atoms with Crippen molar-refractivity contribution in [2.24, 2.45) is 46.2 Å². The molecule has 7 atom stereocenters. The van der Waals surface area contributed by atoms with Crippen molar-refractivity contribution in [1.29, 1.82) is 0 Å². The Morgan fingerprint density at radius 3 is 2.45 bits per heavy atom. The lowest BCUT2D eigenvalue weighted by Crippen LogP contribution is -2.52. The average Bonchev–Trinajstić information content (AvgIpc) is 2.84.